The van der Waals surface area contributed by atoms with Crippen molar-refractivity contribution in [3.05, 3.63) is 243 Å². The van der Waals surface area contributed by atoms with Crippen LogP contribution < -0.4 is 4.90 Å². The Hall–Kier alpha value is -8.20. The van der Waals surface area contributed by atoms with Crippen LogP contribution in [0.15, 0.2) is 243 Å². The summed E-state index contributed by atoms with van der Waals surface area (Å²) < 4.78 is 2.42. The predicted molar refractivity (Wildman–Crippen MR) is 264 cm³/mol. The minimum absolute atomic E-state index is 1.08. The summed E-state index contributed by atoms with van der Waals surface area (Å²) in [5.74, 6) is 0. The zero-order chi connectivity index (χ0) is 41.0. The minimum Gasteiger partial charge on any atom is -0.310 e. The summed E-state index contributed by atoms with van der Waals surface area (Å²) in [6.45, 7) is 0. The molecule has 0 fully saturated rings. The van der Waals surface area contributed by atoms with E-state index in [2.05, 4.69) is 252 Å². The second-order valence-corrected chi connectivity index (χ2v) is 16.1. The largest absolute Gasteiger partial charge is 0.310 e. The Balaban J connectivity index is 1.04. The highest BCUT2D eigenvalue weighted by Crippen LogP contribution is 2.46. The van der Waals surface area contributed by atoms with Gasteiger partial charge in [-0.2, -0.15) is 0 Å². The van der Waals surface area contributed by atoms with Crippen molar-refractivity contribution in [1.29, 1.82) is 0 Å². The Labute approximate surface area is 360 Å². The molecular formula is C60H40N2. The number of fused-ring (bicyclic) bond motifs is 7. The maximum absolute atomic E-state index is 2.44. The van der Waals surface area contributed by atoms with Gasteiger partial charge in [-0.1, -0.05) is 182 Å². The average molecular weight is 789 g/mol. The fourth-order valence-electron chi connectivity index (χ4n) is 9.68. The van der Waals surface area contributed by atoms with E-state index in [4.69, 9.17) is 0 Å². The predicted octanol–water partition coefficient (Wildman–Crippen LogP) is 16.7. The zero-order valence-electron chi connectivity index (χ0n) is 34.0. The van der Waals surface area contributed by atoms with Crippen LogP contribution in [0, 0.1) is 0 Å². The second kappa shape index (κ2) is 14.8. The molecule has 0 unspecified atom stereocenters. The van der Waals surface area contributed by atoms with E-state index in [1.807, 2.05) is 0 Å². The van der Waals surface area contributed by atoms with Crippen molar-refractivity contribution in [3.8, 4) is 39.1 Å². The summed E-state index contributed by atoms with van der Waals surface area (Å²) in [4.78, 5) is 2.44. The summed E-state index contributed by atoms with van der Waals surface area (Å²) in [7, 11) is 0. The summed E-state index contributed by atoms with van der Waals surface area (Å²) in [6, 6.07) is 88.6. The fraction of sp³-hybridized carbons (Fsp3) is 0. The lowest BCUT2D eigenvalue weighted by molar-refractivity contribution is 1.18. The Bertz CT molecular complexity index is 3600. The topological polar surface area (TPSA) is 8.17 Å². The number of benzene rings is 11. The van der Waals surface area contributed by atoms with Gasteiger partial charge in [0.05, 0.1) is 22.4 Å². The van der Waals surface area contributed by atoms with Crippen molar-refractivity contribution >= 4 is 71.2 Å². The van der Waals surface area contributed by atoms with Crippen LogP contribution in [-0.4, -0.2) is 4.57 Å². The molecule has 0 saturated carbocycles. The lowest BCUT2D eigenvalue weighted by Gasteiger charge is -2.29. The molecule has 62 heavy (non-hydrogen) atoms. The van der Waals surface area contributed by atoms with Gasteiger partial charge in [0.25, 0.3) is 0 Å². The van der Waals surface area contributed by atoms with Crippen LogP contribution in [0.1, 0.15) is 0 Å². The number of hydrogen-bond donors (Lipinski definition) is 0. The highest BCUT2D eigenvalue weighted by atomic mass is 15.1. The van der Waals surface area contributed by atoms with Gasteiger partial charge in [0, 0.05) is 33.3 Å². The van der Waals surface area contributed by atoms with E-state index in [1.165, 1.54) is 81.9 Å². The first-order valence-corrected chi connectivity index (χ1v) is 21.3. The first-order valence-electron chi connectivity index (χ1n) is 21.3. The molecule has 0 atom stereocenters. The summed E-state index contributed by atoms with van der Waals surface area (Å²) in [5, 5.41) is 9.98. The molecule has 0 aliphatic heterocycles. The molecule has 2 heteroatoms. The van der Waals surface area contributed by atoms with Gasteiger partial charge in [-0.3, -0.25) is 0 Å². The van der Waals surface area contributed by atoms with E-state index < -0.39 is 0 Å². The number of para-hydroxylation sites is 4. The number of rotatable bonds is 7. The quantitative estimate of drug-likeness (QED) is 0.146. The third-order valence-corrected chi connectivity index (χ3v) is 12.6. The van der Waals surface area contributed by atoms with Crippen LogP contribution in [0.3, 0.4) is 0 Å². The smallest absolute Gasteiger partial charge is 0.0541 e. The minimum atomic E-state index is 1.08. The molecule has 12 rings (SSSR count). The van der Waals surface area contributed by atoms with E-state index >= 15 is 0 Å². The van der Waals surface area contributed by atoms with Gasteiger partial charge >= 0.3 is 0 Å². The van der Waals surface area contributed by atoms with Crippen LogP contribution in [0.25, 0.3) is 93.2 Å². The molecule has 0 bridgehead atoms. The third-order valence-electron chi connectivity index (χ3n) is 12.6. The van der Waals surface area contributed by atoms with Gasteiger partial charge in [0.15, 0.2) is 0 Å². The van der Waals surface area contributed by atoms with Gasteiger partial charge in [-0.15, -0.1) is 0 Å². The van der Waals surface area contributed by atoms with Crippen molar-refractivity contribution < 1.29 is 0 Å². The molecule has 0 spiro atoms. The van der Waals surface area contributed by atoms with E-state index in [1.54, 1.807) is 0 Å². The Morgan fingerprint density at radius 3 is 1.61 bits per heavy atom. The highest BCUT2D eigenvalue weighted by Gasteiger charge is 2.21. The summed E-state index contributed by atoms with van der Waals surface area (Å²) in [5.41, 5.74) is 13.9. The van der Waals surface area contributed by atoms with Crippen LogP contribution in [-0.2, 0) is 0 Å². The maximum atomic E-state index is 2.44. The van der Waals surface area contributed by atoms with Crippen molar-refractivity contribution in [2.45, 2.75) is 0 Å². The molecule has 2 nitrogen and oxygen atoms in total. The van der Waals surface area contributed by atoms with Crippen molar-refractivity contribution in [3.63, 3.8) is 0 Å². The highest BCUT2D eigenvalue weighted by molar-refractivity contribution is 6.15. The van der Waals surface area contributed by atoms with E-state index in [0.717, 1.165) is 28.3 Å². The van der Waals surface area contributed by atoms with Gasteiger partial charge in [0.1, 0.15) is 0 Å². The van der Waals surface area contributed by atoms with Crippen molar-refractivity contribution in [2.24, 2.45) is 0 Å². The van der Waals surface area contributed by atoms with Gasteiger partial charge in [-0.25, -0.2) is 0 Å². The van der Waals surface area contributed by atoms with Gasteiger partial charge in [-0.05, 0) is 115 Å². The molecule has 0 N–H and O–H groups in total. The number of hydrogen-bond acceptors (Lipinski definition) is 1. The van der Waals surface area contributed by atoms with Crippen LogP contribution in [0.4, 0.5) is 17.1 Å². The molecule has 11 aromatic carbocycles. The molecule has 0 aliphatic carbocycles. The molecule has 0 amide bonds. The molecule has 290 valence electrons. The van der Waals surface area contributed by atoms with E-state index in [0.29, 0.717) is 0 Å². The van der Waals surface area contributed by atoms with Gasteiger partial charge < -0.3 is 9.47 Å². The number of aromatic nitrogens is 1. The molecule has 1 heterocycles. The summed E-state index contributed by atoms with van der Waals surface area (Å²) in [6.07, 6.45) is 0. The molecule has 12 aromatic rings. The van der Waals surface area contributed by atoms with E-state index in [-0.39, 0.29) is 0 Å². The Kier molecular flexibility index (Phi) is 8.53. The maximum Gasteiger partial charge on any atom is 0.0541 e. The molecule has 0 aliphatic rings. The standard InChI is InChI=1S/C60H40N2/c1-2-17-43-38-45(33-32-41(43)16-1)44-19-15-20-48(39-44)61(58-29-12-10-27-55(58)56-40-46-18-3-4-21-49(46)51-23-5-6-24-52(51)56)47-36-34-42(35-37-47)50-22-7-11-28-57(50)62-59-30-13-8-25-53(59)54-26-9-14-31-60(54)62/h1-40H. The summed E-state index contributed by atoms with van der Waals surface area (Å²) >= 11 is 0. The van der Waals surface area contributed by atoms with Crippen LogP contribution in [0.2, 0.25) is 0 Å². The van der Waals surface area contributed by atoms with Crippen molar-refractivity contribution in [1.82, 2.24) is 4.57 Å². The molecule has 0 radical (unpaired) electrons. The first kappa shape index (κ1) is 35.7. The molecule has 0 saturated heterocycles. The lowest BCUT2D eigenvalue weighted by Crippen LogP contribution is -2.11. The Morgan fingerprint density at radius 1 is 0.274 bits per heavy atom. The van der Waals surface area contributed by atoms with Crippen LogP contribution >= 0.6 is 0 Å². The Morgan fingerprint density at radius 2 is 0.839 bits per heavy atom. The molecule has 1 aromatic heterocycles. The normalized spacial score (nSPS) is 11.5. The number of anilines is 3. The molecular weight excluding hydrogens is 749 g/mol. The monoisotopic (exact) mass is 788 g/mol. The number of nitrogens with zero attached hydrogens (tertiary/aromatic N) is 2. The average Bonchev–Trinajstić information content (AvgIpc) is 3.68. The lowest BCUT2D eigenvalue weighted by atomic mass is 9.92. The first-order chi connectivity index (χ1) is 30.8. The van der Waals surface area contributed by atoms with Crippen LogP contribution in [0.5, 0.6) is 0 Å². The third kappa shape index (κ3) is 5.96. The van der Waals surface area contributed by atoms with Crippen molar-refractivity contribution in [2.75, 3.05) is 4.90 Å². The SMILES string of the molecule is c1cc(-c2ccc3ccccc3c2)cc(N(c2ccc(-c3ccccc3-n3c4ccccc4c4ccccc43)cc2)c2ccccc2-c2cc3ccccc3c3ccccc23)c1. The van der Waals surface area contributed by atoms with Gasteiger partial charge in [0.2, 0.25) is 0 Å². The fourth-order valence-corrected chi connectivity index (χ4v) is 9.68. The second-order valence-electron chi connectivity index (χ2n) is 16.1. The zero-order valence-corrected chi connectivity index (χ0v) is 34.0. The van der Waals surface area contributed by atoms with E-state index in [9.17, 15) is 0 Å².